The van der Waals surface area contributed by atoms with Crippen molar-refractivity contribution in [3.8, 4) is 11.4 Å². The Hall–Kier alpha value is -1.68. The summed E-state index contributed by atoms with van der Waals surface area (Å²) in [4.78, 5) is 4.28. The van der Waals surface area contributed by atoms with Gasteiger partial charge in [0.25, 0.3) is 0 Å². The summed E-state index contributed by atoms with van der Waals surface area (Å²) in [6.07, 6.45) is 5.40. The first-order valence-corrected chi connectivity index (χ1v) is 5.99. The maximum atomic E-state index is 9.53. The van der Waals surface area contributed by atoms with Gasteiger partial charge in [-0.2, -0.15) is 5.10 Å². The minimum absolute atomic E-state index is 0.0221. The first kappa shape index (κ1) is 10.5. The molecule has 0 amide bonds. The molecule has 0 aromatic carbocycles. The highest BCUT2D eigenvalue weighted by Gasteiger charge is 2.26. The highest BCUT2D eigenvalue weighted by atomic mass is 16.3. The lowest BCUT2D eigenvalue weighted by molar-refractivity contribution is 0.277. The predicted octanol–water partition coefficient (Wildman–Crippen LogP) is 2.23. The summed E-state index contributed by atoms with van der Waals surface area (Å²) in [7, 11) is 0. The highest BCUT2D eigenvalue weighted by molar-refractivity contribution is 5.60. The van der Waals surface area contributed by atoms with Gasteiger partial charge in [0.2, 0.25) is 0 Å². The fourth-order valence-corrected chi connectivity index (χ4v) is 2.29. The lowest BCUT2D eigenvalue weighted by Crippen LogP contribution is -2.11. The van der Waals surface area contributed by atoms with E-state index in [1.165, 1.54) is 19.3 Å². The minimum Gasteiger partial charge on any atom is -0.392 e. The van der Waals surface area contributed by atoms with E-state index in [4.69, 9.17) is 0 Å². The number of rotatable bonds is 3. The molecular formula is C13H15N3O. The van der Waals surface area contributed by atoms with Crippen LogP contribution in [0.1, 0.15) is 36.4 Å². The van der Waals surface area contributed by atoms with Crippen LogP contribution in [-0.4, -0.2) is 20.3 Å². The molecule has 4 nitrogen and oxygen atoms in total. The quantitative estimate of drug-likeness (QED) is 0.848. The van der Waals surface area contributed by atoms with Gasteiger partial charge >= 0.3 is 0 Å². The SMILES string of the molecule is OCc1c(-c2ccccn2)n[nH]c1C1CCC1. The molecule has 0 atom stereocenters. The van der Waals surface area contributed by atoms with Gasteiger partial charge in [-0.1, -0.05) is 12.5 Å². The number of pyridine rings is 1. The van der Waals surface area contributed by atoms with Crippen molar-refractivity contribution in [1.82, 2.24) is 15.2 Å². The second kappa shape index (κ2) is 4.30. The van der Waals surface area contributed by atoms with Crippen LogP contribution < -0.4 is 0 Å². The number of H-pyrrole nitrogens is 1. The van der Waals surface area contributed by atoms with E-state index in [2.05, 4.69) is 15.2 Å². The maximum Gasteiger partial charge on any atom is 0.116 e. The van der Waals surface area contributed by atoms with Crippen LogP contribution in [0.2, 0.25) is 0 Å². The van der Waals surface area contributed by atoms with Gasteiger partial charge in [-0.05, 0) is 25.0 Å². The van der Waals surface area contributed by atoms with Crippen LogP contribution in [0.4, 0.5) is 0 Å². The molecule has 0 aliphatic heterocycles. The molecule has 1 fully saturated rings. The van der Waals surface area contributed by atoms with E-state index >= 15 is 0 Å². The number of aliphatic hydroxyl groups is 1. The summed E-state index contributed by atoms with van der Waals surface area (Å²) < 4.78 is 0. The lowest BCUT2D eigenvalue weighted by Gasteiger charge is -2.24. The Labute approximate surface area is 99.7 Å². The molecule has 1 aliphatic carbocycles. The van der Waals surface area contributed by atoms with Crippen LogP contribution in [0.15, 0.2) is 24.4 Å². The number of nitrogens with one attached hydrogen (secondary N) is 1. The van der Waals surface area contributed by atoms with Crippen molar-refractivity contribution in [1.29, 1.82) is 0 Å². The van der Waals surface area contributed by atoms with Crippen molar-refractivity contribution in [2.24, 2.45) is 0 Å². The molecule has 0 saturated heterocycles. The van der Waals surface area contributed by atoms with E-state index in [1.54, 1.807) is 6.20 Å². The third-order valence-electron chi connectivity index (χ3n) is 3.48. The predicted molar refractivity (Wildman–Crippen MR) is 64.3 cm³/mol. The largest absolute Gasteiger partial charge is 0.392 e. The fourth-order valence-electron chi connectivity index (χ4n) is 2.29. The second-order valence-electron chi connectivity index (χ2n) is 4.47. The maximum absolute atomic E-state index is 9.53. The van der Waals surface area contributed by atoms with Crippen LogP contribution in [0.25, 0.3) is 11.4 Å². The summed E-state index contributed by atoms with van der Waals surface area (Å²) in [5.74, 6) is 0.544. The Kier molecular flexibility index (Phi) is 2.65. The van der Waals surface area contributed by atoms with E-state index in [9.17, 15) is 5.11 Å². The van der Waals surface area contributed by atoms with Crippen LogP contribution in [0, 0.1) is 0 Å². The van der Waals surface area contributed by atoms with Crippen LogP contribution >= 0.6 is 0 Å². The van der Waals surface area contributed by atoms with Crippen LogP contribution in [-0.2, 0) is 6.61 Å². The number of aromatic amines is 1. The first-order valence-electron chi connectivity index (χ1n) is 5.99. The van der Waals surface area contributed by atoms with Crippen molar-refractivity contribution in [3.05, 3.63) is 35.7 Å². The van der Waals surface area contributed by atoms with Gasteiger partial charge in [0.1, 0.15) is 5.69 Å². The zero-order chi connectivity index (χ0) is 11.7. The third kappa shape index (κ3) is 1.74. The normalized spacial score (nSPS) is 15.8. The molecule has 2 aromatic heterocycles. The van der Waals surface area contributed by atoms with E-state index < -0.39 is 0 Å². The van der Waals surface area contributed by atoms with Crippen molar-refractivity contribution >= 4 is 0 Å². The van der Waals surface area contributed by atoms with Gasteiger partial charge in [-0.15, -0.1) is 0 Å². The Balaban J connectivity index is 2.02. The van der Waals surface area contributed by atoms with Crippen LogP contribution in [0.5, 0.6) is 0 Å². The Bertz CT molecular complexity index is 503. The zero-order valence-corrected chi connectivity index (χ0v) is 9.56. The number of hydrogen-bond donors (Lipinski definition) is 2. The molecule has 0 radical (unpaired) electrons. The highest BCUT2D eigenvalue weighted by Crippen LogP contribution is 2.39. The number of hydrogen-bond acceptors (Lipinski definition) is 3. The van der Waals surface area contributed by atoms with Gasteiger partial charge in [-0.25, -0.2) is 0 Å². The molecular weight excluding hydrogens is 214 g/mol. The molecule has 17 heavy (non-hydrogen) atoms. The molecule has 0 unspecified atom stereocenters. The molecule has 88 valence electrons. The fraction of sp³-hybridized carbons (Fsp3) is 0.385. The average Bonchev–Trinajstić information content (AvgIpc) is 2.71. The topological polar surface area (TPSA) is 61.8 Å². The third-order valence-corrected chi connectivity index (χ3v) is 3.48. The molecule has 0 spiro atoms. The molecule has 2 aromatic rings. The molecule has 3 rings (SSSR count). The molecule has 0 bridgehead atoms. The molecule has 4 heteroatoms. The Morgan fingerprint density at radius 3 is 2.82 bits per heavy atom. The summed E-state index contributed by atoms with van der Waals surface area (Å²) in [5, 5.41) is 16.9. The van der Waals surface area contributed by atoms with Gasteiger partial charge in [-0.3, -0.25) is 10.1 Å². The van der Waals surface area contributed by atoms with Crippen molar-refractivity contribution < 1.29 is 5.11 Å². The first-order chi connectivity index (χ1) is 8.40. The number of aliphatic hydroxyl groups excluding tert-OH is 1. The Morgan fingerprint density at radius 1 is 1.35 bits per heavy atom. The summed E-state index contributed by atoms with van der Waals surface area (Å²) in [6.45, 7) is 0.0221. The molecule has 1 saturated carbocycles. The van der Waals surface area contributed by atoms with E-state index in [0.29, 0.717) is 5.92 Å². The van der Waals surface area contributed by atoms with E-state index in [-0.39, 0.29) is 6.61 Å². The molecule has 1 aliphatic rings. The zero-order valence-electron chi connectivity index (χ0n) is 9.56. The standard InChI is InChI=1S/C13H15N3O/c17-8-10-12(9-4-3-5-9)15-16-13(10)11-6-1-2-7-14-11/h1-2,6-7,9,17H,3-5,8H2,(H,15,16). The Morgan fingerprint density at radius 2 is 2.24 bits per heavy atom. The monoisotopic (exact) mass is 229 g/mol. The smallest absolute Gasteiger partial charge is 0.116 e. The van der Waals surface area contributed by atoms with Gasteiger partial charge < -0.3 is 5.11 Å². The van der Waals surface area contributed by atoms with Gasteiger partial charge in [0.15, 0.2) is 0 Å². The number of nitrogens with zero attached hydrogens (tertiary/aromatic N) is 2. The lowest BCUT2D eigenvalue weighted by atomic mass is 9.81. The van der Waals surface area contributed by atoms with Crippen molar-refractivity contribution in [2.45, 2.75) is 31.8 Å². The summed E-state index contributed by atoms with van der Waals surface area (Å²) in [5.41, 5.74) is 3.61. The molecule has 2 N–H and O–H groups in total. The van der Waals surface area contributed by atoms with E-state index in [0.717, 1.165) is 22.6 Å². The van der Waals surface area contributed by atoms with Crippen molar-refractivity contribution in [3.63, 3.8) is 0 Å². The second-order valence-corrected chi connectivity index (χ2v) is 4.47. The van der Waals surface area contributed by atoms with Crippen molar-refractivity contribution in [2.75, 3.05) is 0 Å². The summed E-state index contributed by atoms with van der Waals surface area (Å²) in [6, 6.07) is 5.72. The summed E-state index contributed by atoms with van der Waals surface area (Å²) >= 11 is 0. The minimum atomic E-state index is 0.0221. The molecule has 2 heterocycles. The van der Waals surface area contributed by atoms with Gasteiger partial charge in [0, 0.05) is 23.4 Å². The van der Waals surface area contributed by atoms with Gasteiger partial charge in [0.05, 0.1) is 12.3 Å². The van der Waals surface area contributed by atoms with E-state index in [1.807, 2.05) is 18.2 Å². The number of aromatic nitrogens is 3. The average molecular weight is 229 g/mol. The van der Waals surface area contributed by atoms with Crippen LogP contribution in [0.3, 0.4) is 0 Å².